The van der Waals surface area contributed by atoms with Crippen LogP contribution >= 0.6 is 39.5 Å². The highest BCUT2D eigenvalue weighted by molar-refractivity contribution is 9.10. The number of ether oxygens (including phenoxy) is 1. The monoisotopic (exact) mass is 455 g/mol. The van der Waals surface area contributed by atoms with E-state index in [1.807, 2.05) is 0 Å². The van der Waals surface area contributed by atoms with Gasteiger partial charge in [-0.25, -0.2) is 0 Å². The molecule has 0 atom stereocenters. The van der Waals surface area contributed by atoms with E-state index in [1.165, 1.54) is 11.3 Å². The number of unbranched alkanes of at least 4 members (excludes halogenated alkanes) is 1. The first-order chi connectivity index (χ1) is 12.5. The summed E-state index contributed by atoms with van der Waals surface area (Å²) in [7, 11) is 0. The van der Waals surface area contributed by atoms with Crippen LogP contribution in [-0.2, 0) is 0 Å². The molecule has 0 saturated carbocycles. The lowest BCUT2D eigenvalue weighted by Gasteiger charge is -2.13. The van der Waals surface area contributed by atoms with Crippen molar-refractivity contribution in [2.24, 2.45) is 0 Å². The Morgan fingerprint density at radius 2 is 2.04 bits per heavy atom. The van der Waals surface area contributed by atoms with Crippen LogP contribution in [0.25, 0.3) is 0 Å². The van der Waals surface area contributed by atoms with Crippen molar-refractivity contribution in [2.45, 2.75) is 19.8 Å². The summed E-state index contributed by atoms with van der Waals surface area (Å²) in [6.07, 6.45) is 1.89. The fraction of sp³-hybridized carbons (Fsp3) is 0.235. The molecule has 0 bridgehead atoms. The van der Waals surface area contributed by atoms with Crippen LogP contribution in [0.4, 0.5) is 0 Å². The number of amides is 2. The zero-order valence-electron chi connectivity index (χ0n) is 14.0. The minimum absolute atomic E-state index is 0.0145. The number of thiophene rings is 1. The maximum atomic E-state index is 12.5. The molecule has 9 heteroatoms. The Kier molecular flexibility index (Phi) is 8.02. The molecular formula is C17H18BrN3O3S2. The summed E-state index contributed by atoms with van der Waals surface area (Å²) < 4.78 is 6.41. The predicted octanol–water partition coefficient (Wildman–Crippen LogP) is 3.64. The van der Waals surface area contributed by atoms with E-state index in [2.05, 4.69) is 39.0 Å². The molecule has 0 fully saturated rings. The lowest BCUT2D eigenvalue weighted by Crippen LogP contribution is -2.48. The Hall–Kier alpha value is -1.97. The number of hydrogen-bond acceptors (Lipinski definition) is 5. The van der Waals surface area contributed by atoms with Crippen LogP contribution < -0.4 is 20.9 Å². The van der Waals surface area contributed by atoms with Gasteiger partial charge in [-0.15, -0.1) is 11.3 Å². The van der Waals surface area contributed by atoms with Crippen LogP contribution in [0.15, 0.2) is 40.2 Å². The molecule has 1 aromatic carbocycles. The number of carbonyl (C=O) groups excluding carboxylic acids is 2. The summed E-state index contributed by atoms with van der Waals surface area (Å²) in [5, 5.41) is 4.30. The second-order valence-electron chi connectivity index (χ2n) is 5.18. The number of hydrogen-bond donors (Lipinski definition) is 3. The van der Waals surface area contributed by atoms with Gasteiger partial charge >= 0.3 is 0 Å². The second-order valence-corrected chi connectivity index (χ2v) is 7.45. The van der Waals surface area contributed by atoms with Crippen LogP contribution in [0, 0.1) is 0 Å². The molecule has 2 amide bonds. The molecule has 6 nitrogen and oxygen atoms in total. The second kappa shape index (κ2) is 10.2. The predicted molar refractivity (Wildman–Crippen MR) is 110 cm³/mol. The molecule has 3 N–H and O–H groups in total. The number of halogens is 1. The molecule has 26 heavy (non-hydrogen) atoms. The van der Waals surface area contributed by atoms with Crippen LogP contribution in [0.2, 0.25) is 0 Å². The molecule has 2 aromatic rings. The standard InChI is InChI=1S/C17H18BrN3O3S2/c1-2-3-8-24-13-7-6-11(18)10-12(13)15(22)19-17(25)21-20-16(23)14-5-4-9-26-14/h4-7,9-10H,2-3,8H2,1H3,(H,20,23)(H2,19,21,22,25). The molecule has 138 valence electrons. The average molecular weight is 456 g/mol. The van der Waals surface area contributed by atoms with E-state index in [0.29, 0.717) is 22.8 Å². The summed E-state index contributed by atoms with van der Waals surface area (Å²) in [6.45, 7) is 2.59. The number of hydrazine groups is 1. The lowest BCUT2D eigenvalue weighted by atomic mass is 10.2. The maximum Gasteiger partial charge on any atom is 0.279 e. The van der Waals surface area contributed by atoms with Gasteiger partial charge in [-0.1, -0.05) is 35.3 Å². The maximum absolute atomic E-state index is 12.5. The van der Waals surface area contributed by atoms with Crippen molar-refractivity contribution in [3.05, 3.63) is 50.6 Å². The Morgan fingerprint density at radius 1 is 1.23 bits per heavy atom. The zero-order valence-corrected chi connectivity index (χ0v) is 17.2. The van der Waals surface area contributed by atoms with E-state index in [1.54, 1.807) is 35.7 Å². The third kappa shape index (κ3) is 6.08. The van der Waals surface area contributed by atoms with Gasteiger partial charge in [0.05, 0.1) is 17.0 Å². The van der Waals surface area contributed by atoms with E-state index < -0.39 is 5.91 Å². The summed E-state index contributed by atoms with van der Waals surface area (Å²) in [5.74, 6) is -0.284. The van der Waals surface area contributed by atoms with Crippen LogP contribution in [0.5, 0.6) is 5.75 Å². The minimum Gasteiger partial charge on any atom is -0.493 e. The van der Waals surface area contributed by atoms with E-state index in [0.717, 1.165) is 17.3 Å². The first kappa shape index (κ1) is 20.3. The van der Waals surface area contributed by atoms with Gasteiger partial charge in [-0.3, -0.25) is 25.8 Å². The summed E-state index contributed by atoms with van der Waals surface area (Å²) in [4.78, 5) is 24.9. The van der Waals surface area contributed by atoms with Gasteiger partial charge in [-0.05, 0) is 48.3 Å². The SMILES string of the molecule is CCCCOc1ccc(Br)cc1C(=O)NC(=S)NNC(=O)c1cccs1. The first-order valence-corrected chi connectivity index (χ1v) is 9.97. The number of thiocarbonyl (C=S) groups is 1. The average Bonchev–Trinajstić information content (AvgIpc) is 3.15. The van der Waals surface area contributed by atoms with E-state index in [9.17, 15) is 9.59 Å². The fourth-order valence-electron chi connectivity index (χ4n) is 1.92. The topological polar surface area (TPSA) is 79.5 Å². The molecule has 0 spiro atoms. The van der Waals surface area contributed by atoms with Crippen molar-refractivity contribution in [1.82, 2.24) is 16.2 Å². The van der Waals surface area contributed by atoms with Crippen molar-refractivity contribution in [1.29, 1.82) is 0 Å². The zero-order chi connectivity index (χ0) is 18.9. The molecular weight excluding hydrogens is 438 g/mol. The molecule has 1 aromatic heterocycles. The van der Waals surface area contributed by atoms with Crippen LogP contribution in [-0.4, -0.2) is 23.5 Å². The van der Waals surface area contributed by atoms with Crippen LogP contribution in [0.3, 0.4) is 0 Å². The van der Waals surface area contributed by atoms with Gasteiger partial charge in [-0.2, -0.15) is 0 Å². The Bertz CT molecular complexity index is 782. The highest BCUT2D eigenvalue weighted by atomic mass is 79.9. The molecule has 1 heterocycles. The quantitative estimate of drug-likeness (QED) is 0.352. The van der Waals surface area contributed by atoms with Gasteiger partial charge in [0.15, 0.2) is 5.11 Å². The third-order valence-corrected chi connectivity index (χ3v) is 4.77. The molecule has 0 aliphatic carbocycles. The lowest BCUT2D eigenvalue weighted by molar-refractivity contribution is 0.0937. The highest BCUT2D eigenvalue weighted by Gasteiger charge is 2.15. The molecule has 0 unspecified atom stereocenters. The largest absolute Gasteiger partial charge is 0.493 e. The fourth-order valence-corrected chi connectivity index (χ4v) is 3.04. The molecule has 0 aliphatic rings. The van der Waals surface area contributed by atoms with Crippen LogP contribution in [0.1, 0.15) is 39.8 Å². The Morgan fingerprint density at radius 3 is 2.73 bits per heavy atom. The molecule has 0 aliphatic heterocycles. The summed E-state index contributed by atoms with van der Waals surface area (Å²) >= 11 is 9.70. The summed E-state index contributed by atoms with van der Waals surface area (Å²) in [6, 6.07) is 8.64. The number of benzene rings is 1. The van der Waals surface area contributed by atoms with Crippen molar-refractivity contribution in [3.8, 4) is 5.75 Å². The van der Waals surface area contributed by atoms with E-state index in [4.69, 9.17) is 17.0 Å². The van der Waals surface area contributed by atoms with Gasteiger partial charge in [0.2, 0.25) is 0 Å². The van der Waals surface area contributed by atoms with Gasteiger partial charge in [0.25, 0.3) is 11.8 Å². The van der Waals surface area contributed by atoms with E-state index >= 15 is 0 Å². The molecule has 0 radical (unpaired) electrons. The van der Waals surface area contributed by atoms with Crippen molar-refractivity contribution < 1.29 is 14.3 Å². The van der Waals surface area contributed by atoms with Crippen molar-refractivity contribution in [3.63, 3.8) is 0 Å². The molecule has 2 rings (SSSR count). The van der Waals surface area contributed by atoms with E-state index in [-0.39, 0.29) is 11.0 Å². The van der Waals surface area contributed by atoms with Gasteiger partial charge < -0.3 is 4.74 Å². The summed E-state index contributed by atoms with van der Waals surface area (Å²) in [5.41, 5.74) is 5.30. The Labute approximate surface area is 169 Å². The van der Waals surface area contributed by atoms with Gasteiger partial charge in [0, 0.05) is 4.47 Å². The van der Waals surface area contributed by atoms with Crippen molar-refractivity contribution in [2.75, 3.05) is 6.61 Å². The molecule has 0 saturated heterocycles. The Balaban J connectivity index is 1.94. The van der Waals surface area contributed by atoms with Gasteiger partial charge in [0.1, 0.15) is 5.75 Å². The minimum atomic E-state index is -0.430. The third-order valence-electron chi connectivity index (χ3n) is 3.20. The first-order valence-electron chi connectivity index (χ1n) is 7.88. The normalized spacial score (nSPS) is 10.1. The van der Waals surface area contributed by atoms with Crippen molar-refractivity contribution >= 4 is 56.4 Å². The highest BCUT2D eigenvalue weighted by Crippen LogP contribution is 2.23. The number of nitrogens with one attached hydrogen (secondary N) is 3. The number of rotatable bonds is 6. The smallest absolute Gasteiger partial charge is 0.279 e. The number of carbonyl (C=O) groups is 2.